The molecule has 1 aliphatic carbocycles. The highest BCUT2D eigenvalue weighted by molar-refractivity contribution is 6.07. The topological polar surface area (TPSA) is 104 Å². The lowest BCUT2D eigenvalue weighted by Gasteiger charge is -2.25. The third kappa shape index (κ3) is 3.05. The van der Waals surface area contributed by atoms with Crippen LogP contribution in [0.25, 0.3) is 10.9 Å². The second-order valence-electron chi connectivity index (χ2n) is 5.72. The van der Waals surface area contributed by atoms with Gasteiger partial charge in [-0.2, -0.15) is 5.10 Å². The number of aromatic amines is 1. The number of carboxylic acid groups (broad SMARTS) is 1. The summed E-state index contributed by atoms with van der Waals surface area (Å²) in [6, 6.07) is 3.34. The van der Waals surface area contributed by atoms with Crippen LogP contribution < -0.4 is 5.32 Å². The van der Waals surface area contributed by atoms with Crippen LogP contribution in [0.15, 0.2) is 12.1 Å². The quantitative estimate of drug-likeness (QED) is 0.706. The Morgan fingerprint density at radius 2 is 2.22 bits per heavy atom. The zero-order valence-electron chi connectivity index (χ0n) is 12.9. The van der Waals surface area contributed by atoms with E-state index >= 15 is 0 Å². The number of carboxylic acids is 1. The molecule has 1 aliphatic rings. The Balaban J connectivity index is 1.70. The number of nitrogens with zero attached hydrogens (tertiary/aromatic N) is 1. The van der Waals surface area contributed by atoms with Gasteiger partial charge in [0.1, 0.15) is 0 Å². The molecule has 1 aromatic heterocycles. The number of rotatable bonds is 6. The Hall–Kier alpha value is -2.41. The molecule has 0 radical (unpaired) electrons. The maximum absolute atomic E-state index is 12.3. The predicted octanol–water partition coefficient (Wildman–Crippen LogP) is 1.87. The van der Waals surface area contributed by atoms with Gasteiger partial charge >= 0.3 is 5.97 Å². The normalized spacial score (nSPS) is 14.7. The van der Waals surface area contributed by atoms with Gasteiger partial charge in [-0.15, -0.1) is 0 Å². The molecule has 1 saturated carbocycles. The van der Waals surface area contributed by atoms with Gasteiger partial charge in [0.2, 0.25) is 0 Å². The number of aromatic carboxylic acids is 1. The van der Waals surface area contributed by atoms with Crippen molar-refractivity contribution in [2.75, 3.05) is 13.2 Å². The number of hydrogen-bond donors (Lipinski definition) is 3. The summed E-state index contributed by atoms with van der Waals surface area (Å²) in [7, 11) is 0. The van der Waals surface area contributed by atoms with Crippen LogP contribution >= 0.6 is 0 Å². The predicted molar refractivity (Wildman–Crippen MR) is 83.7 cm³/mol. The summed E-state index contributed by atoms with van der Waals surface area (Å²) in [4.78, 5) is 23.5. The second kappa shape index (κ2) is 6.37. The second-order valence-corrected chi connectivity index (χ2v) is 5.72. The van der Waals surface area contributed by atoms with Crippen molar-refractivity contribution in [2.24, 2.45) is 0 Å². The smallest absolute Gasteiger partial charge is 0.357 e. The average molecular weight is 317 g/mol. The largest absolute Gasteiger partial charge is 0.476 e. The Morgan fingerprint density at radius 3 is 2.87 bits per heavy atom. The number of carbonyl (C=O) groups excluding carboxylic acids is 1. The summed E-state index contributed by atoms with van der Waals surface area (Å²) >= 11 is 0. The molecular weight excluding hydrogens is 298 g/mol. The summed E-state index contributed by atoms with van der Waals surface area (Å²) in [5.74, 6) is -1.36. The van der Waals surface area contributed by atoms with E-state index in [9.17, 15) is 14.7 Å². The number of nitrogens with one attached hydrogen (secondary N) is 2. The van der Waals surface area contributed by atoms with E-state index in [-0.39, 0.29) is 11.6 Å². The van der Waals surface area contributed by atoms with Crippen LogP contribution in [-0.4, -0.2) is 46.4 Å². The lowest BCUT2D eigenvalue weighted by molar-refractivity contribution is 0.00440. The van der Waals surface area contributed by atoms with Crippen LogP contribution in [0.1, 0.15) is 45.7 Å². The minimum absolute atomic E-state index is 0.0690. The Kier molecular flexibility index (Phi) is 4.29. The van der Waals surface area contributed by atoms with Crippen LogP contribution in [0.5, 0.6) is 0 Å². The first-order valence-corrected chi connectivity index (χ1v) is 7.68. The lowest BCUT2D eigenvalue weighted by Crippen LogP contribution is -2.31. The van der Waals surface area contributed by atoms with Gasteiger partial charge in [-0.25, -0.2) is 4.79 Å². The van der Waals surface area contributed by atoms with E-state index in [2.05, 4.69) is 15.5 Å². The van der Waals surface area contributed by atoms with E-state index in [4.69, 9.17) is 4.74 Å². The molecule has 1 aromatic carbocycles. The van der Waals surface area contributed by atoms with Gasteiger partial charge in [-0.3, -0.25) is 9.89 Å². The molecular formula is C16H19N3O4. The molecule has 0 saturated heterocycles. The number of hydrogen-bond acceptors (Lipinski definition) is 4. The van der Waals surface area contributed by atoms with E-state index in [1.54, 1.807) is 19.1 Å². The molecule has 1 amide bonds. The maximum atomic E-state index is 12.3. The van der Waals surface area contributed by atoms with Crippen molar-refractivity contribution in [1.82, 2.24) is 15.5 Å². The highest BCUT2D eigenvalue weighted by atomic mass is 16.5. The summed E-state index contributed by atoms with van der Waals surface area (Å²) in [6.45, 7) is 2.65. The van der Waals surface area contributed by atoms with E-state index in [1.807, 2.05) is 0 Å². The van der Waals surface area contributed by atoms with Gasteiger partial charge in [0.25, 0.3) is 5.91 Å². The van der Waals surface area contributed by atoms with Crippen molar-refractivity contribution < 1.29 is 19.4 Å². The number of aromatic nitrogens is 2. The molecule has 0 spiro atoms. The first-order valence-electron chi connectivity index (χ1n) is 7.68. The van der Waals surface area contributed by atoms with Crippen molar-refractivity contribution in [3.8, 4) is 0 Å². The molecule has 7 heteroatoms. The van der Waals surface area contributed by atoms with Gasteiger partial charge in [0.05, 0.1) is 18.2 Å². The molecule has 3 rings (SSSR count). The van der Waals surface area contributed by atoms with Crippen molar-refractivity contribution in [3.05, 3.63) is 29.0 Å². The average Bonchev–Trinajstić information content (AvgIpc) is 2.90. The van der Waals surface area contributed by atoms with Crippen LogP contribution in [0.3, 0.4) is 0 Å². The molecule has 7 nitrogen and oxygen atoms in total. The fourth-order valence-electron chi connectivity index (χ4n) is 2.71. The first-order chi connectivity index (χ1) is 11.1. The highest BCUT2D eigenvalue weighted by Gasteiger charge is 2.20. The Bertz CT molecular complexity index is 749. The molecule has 1 fully saturated rings. The number of amides is 1. The number of aryl methyl sites for hydroxylation is 1. The molecule has 122 valence electrons. The lowest BCUT2D eigenvalue weighted by atomic mass is 9.96. The maximum Gasteiger partial charge on any atom is 0.357 e. The van der Waals surface area contributed by atoms with Gasteiger partial charge in [0.15, 0.2) is 5.69 Å². The Morgan fingerprint density at radius 1 is 1.43 bits per heavy atom. The summed E-state index contributed by atoms with van der Waals surface area (Å²) < 4.78 is 5.60. The third-order valence-electron chi connectivity index (χ3n) is 4.23. The molecule has 0 bridgehead atoms. The van der Waals surface area contributed by atoms with Crippen LogP contribution in [0.2, 0.25) is 0 Å². The minimum atomic E-state index is -1.12. The number of benzene rings is 1. The van der Waals surface area contributed by atoms with E-state index in [0.717, 1.165) is 12.8 Å². The van der Waals surface area contributed by atoms with Crippen molar-refractivity contribution in [3.63, 3.8) is 0 Å². The monoisotopic (exact) mass is 317 g/mol. The highest BCUT2D eigenvalue weighted by Crippen LogP contribution is 2.24. The molecule has 23 heavy (non-hydrogen) atoms. The fourth-order valence-corrected chi connectivity index (χ4v) is 2.71. The van der Waals surface area contributed by atoms with Gasteiger partial charge in [-0.05, 0) is 43.9 Å². The van der Waals surface area contributed by atoms with Crippen molar-refractivity contribution >= 4 is 22.8 Å². The summed E-state index contributed by atoms with van der Waals surface area (Å²) in [5, 5.41) is 18.9. The van der Waals surface area contributed by atoms with Gasteiger partial charge < -0.3 is 15.2 Å². The number of H-pyrrole nitrogens is 1. The molecule has 0 unspecified atom stereocenters. The van der Waals surface area contributed by atoms with Gasteiger partial charge in [0, 0.05) is 17.5 Å². The van der Waals surface area contributed by atoms with Crippen LogP contribution in [0.4, 0.5) is 0 Å². The minimum Gasteiger partial charge on any atom is -0.476 e. The number of ether oxygens (including phenoxy) is 1. The summed E-state index contributed by atoms with van der Waals surface area (Å²) in [5.41, 5.74) is 1.58. The standard InChI is InChI=1S/C16H19N3O4/c1-9-11(15(20)17-7-8-23-10-3-2-4-10)5-6-12-13(9)14(16(21)22)19-18-12/h5-6,10H,2-4,7-8H2,1H3,(H,17,20)(H,18,19)(H,21,22). The third-order valence-corrected chi connectivity index (χ3v) is 4.23. The first kappa shape index (κ1) is 15.5. The fraction of sp³-hybridized carbons (Fsp3) is 0.438. The molecule has 0 aliphatic heterocycles. The summed E-state index contributed by atoms with van der Waals surface area (Å²) in [6.07, 6.45) is 3.76. The molecule has 0 atom stereocenters. The molecule has 3 N–H and O–H groups in total. The number of carbonyl (C=O) groups is 2. The van der Waals surface area contributed by atoms with E-state index in [0.29, 0.717) is 41.3 Å². The van der Waals surface area contributed by atoms with E-state index < -0.39 is 5.97 Å². The molecule has 2 aromatic rings. The Labute approximate surface area is 133 Å². The van der Waals surface area contributed by atoms with Crippen LogP contribution in [0, 0.1) is 6.92 Å². The van der Waals surface area contributed by atoms with Crippen LogP contribution in [-0.2, 0) is 4.74 Å². The van der Waals surface area contributed by atoms with Crippen molar-refractivity contribution in [1.29, 1.82) is 0 Å². The molecule has 1 heterocycles. The zero-order chi connectivity index (χ0) is 16.4. The number of fused-ring (bicyclic) bond motifs is 1. The van der Waals surface area contributed by atoms with Gasteiger partial charge in [-0.1, -0.05) is 0 Å². The van der Waals surface area contributed by atoms with Crippen molar-refractivity contribution in [2.45, 2.75) is 32.3 Å². The SMILES string of the molecule is Cc1c(C(=O)NCCOC2CCC2)ccc2[nH]nc(C(=O)O)c12. The zero-order valence-corrected chi connectivity index (χ0v) is 12.9. The van der Waals surface area contributed by atoms with E-state index in [1.165, 1.54) is 6.42 Å².